The Labute approximate surface area is 167 Å². The maximum atomic E-state index is 12.9. The number of amides is 1. The average Bonchev–Trinajstić information content (AvgIpc) is 2.71. The third kappa shape index (κ3) is 3.29. The fraction of sp³-hybridized carbons (Fsp3) is 0.130. The number of hydrogen-bond donors (Lipinski definition) is 1. The fourth-order valence-corrected chi connectivity index (χ4v) is 4.05. The van der Waals surface area contributed by atoms with Crippen LogP contribution < -0.4 is 10.7 Å². The molecule has 4 aromatic rings. The van der Waals surface area contributed by atoms with Gasteiger partial charge in [0, 0.05) is 15.7 Å². The van der Waals surface area contributed by atoms with Gasteiger partial charge < -0.3 is 9.88 Å². The molecule has 0 unspecified atom stereocenters. The van der Waals surface area contributed by atoms with Crippen LogP contribution in [0.2, 0.25) is 0 Å². The van der Waals surface area contributed by atoms with E-state index in [1.165, 1.54) is 0 Å². The molecule has 140 valence electrons. The quantitative estimate of drug-likeness (QED) is 0.403. The molecule has 1 N–H and O–H groups in total. The van der Waals surface area contributed by atoms with E-state index in [0.717, 1.165) is 27.2 Å². The van der Waals surface area contributed by atoms with E-state index < -0.39 is 0 Å². The molecule has 4 rings (SSSR count). The molecule has 0 fully saturated rings. The maximum absolute atomic E-state index is 12.9. The summed E-state index contributed by atoms with van der Waals surface area (Å²) in [5.74, 6) is -0.128. The lowest BCUT2D eigenvalue weighted by molar-refractivity contribution is -0.116. The second-order valence-corrected chi connectivity index (χ2v) is 7.55. The van der Waals surface area contributed by atoms with Crippen LogP contribution in [0.5, 0.6) is 0 Å². The van der Waals surface area contributed by atoms with Crippen LogP contribution in [0.3, 0.4) is 0 Å². The number of carbonyl (C=O) groups excluding carboxylic acids is 1. The van der Waals surface area contributed by atoms with Gasteiger partial charge in [0.15, 0.2) is 5.43 Å². The summed E-state index contributed by atoms with van der Waals surface area (Å²) in [6.45, 7) is 2.09. The summed E-state index contributed by atoms with van der Waals surface area (Å²) in [7, 11) is 0. The third-order valence-electron chi connectivity index (χ3n) is 4.81. The molecule has 0 saturated heterocycles. The lowest BCUT2D eigenvalue weighted by Crippen LogP contribution is -2.21. The minimum atomic E-state index is -0.128. The summed E-state index contributed by atoms with van der Waals surface area (Å²) in [6.07, 6.45) is 1.98. The minimum absolute atomic E-state index is 0.00122. The van der Waals surface area contributed by atoms with Gasteiger partial charge in [0.2, 0.25) is 5.91 Å². The van der Waals surface area contributed by atoms with Gasteiger partial charge in [0.1, 0.15) is 6.54 Å². The standard InChI is InChI=1S/C23H20N2O2S/c1-15-11-12-20-17(13-15)23(27)16-7-3-5-9-19(16)25(20)14-22(26)24-18-8-4-6-10-21(18)28-2/h3-13H,14H2,1-2H3,(H,24,26). The first kappa shape index (κ1) is 18.3. The molecule has 0 aliphatic carbocycles. The van der Waals surface area contributed by atoms with Crippen LogP contribution in [-0.2, 0) is 11.3 Å². The molecular weight excluding hydrogens is 368 g/mol. The number of fused-ring (bicyclic) bond motifs is 2. The van der Waals surface area contributed by atoms with E-state index in [1.807, 2.05) is 84.5 Å². The van der Waals surface area contributed by atoms with Crippen LogP contribution >= 0.6 is 11.8 Å². The third-order valence-corrected chi connectivity index (χ3v) is 5.61. The number of pyridine rings is 1. The Morgan fingerprint density at radius 3 is 2.50 bits per heavy atom. The molecule has 1 heterocycles. The number of hydrogen-bond acceptors (Lipinski definition) is 3. The fourth-order valence-electron chi connectivity index (χ4n) is 3.49. The number of carbonyl (C=O) groups is 1. The summed E-state index contributed by atoms with van der Waals surface area (Å²) < 4.78 is 1.92. The number of benzene rings is 3. The molecular formula is C23H20N2O2S. The largest absolute Gasteiger partial charge is 0.331 e. The summed E-state index contributed by atoms with van der Waals surface area (Å²) in [6, 6.07) is 21.0. The lowest BCUT2D eigenvalue weighted by atomic mass is 10.1. The highest BCUT2D eigenvalue weighted by Gasteiger charge is 2.14. The van der Waals surface area contributed by atoms with Gasteiger partial charge in [-0.2, -0.15) is 0 Å². The Kier molecular flexibility index (Phi) is 4.92. The van der Waals surface area contributed by atoms with Crippen LogP contribution in [-0.4, -0.2) is 16.7 Å². The Hall–Kier alpha value is -3.05. The van der Waals surface area contributed by atoms with Gasteiger partial charge in [-0.05, 0) is 49.6 Å². The van der Waals surface area contributed by atoms with Crippen molar-refractivity contribution < 1.29 is 4.79 Å². The first-order valence-corrected chi connectivity index (χ1v) is 10.3. The Morgan fingerprint density at radius 1 is 0.964 bits per heavy atom. The summed E-state index contributed by atoms with van der Waals surface area (Å²) in [4.78, 5) is 26.8. The molecule has 28 heavy (non-hydrogen) atoms. The van der Waals surface area contributed by atoms with Crippen molar-refractivity contribution in [3.63, 3.8) is 0 Å². The predicted molar refractivity (Wildman–Crippen MR) is 117 cm³/mol. The van der Waals surface area contributed by atoms with Crippen molar-refractivity contribution in [2.24, 2.45) is 0 Å². The highest BCUT2D eigenvalue weighted by Crippen LogP contribution is 2.25. The first-order chi connectivity index (χ1) is 13.6. The second-order valence-electron chi connectivity index (χ2n) is 6.70. The highest BCUT2D eigenvalue weighted by atomic mass is 32.2. The number of aryl methyl sites for hydroxylation is 1. The second kappa shape index (κ2) is 7.52. The van der Waals surface area contributed by atoms with Gasteiger partial charge in [-0.3, -0.25) is 9.59 Å². The number of aromatic nitrogens is 1. The molecule has 1 aromatic heterocycles. The Morgan fingerprint density at radius 2 is 1.68 bits per heavy atom. The zero-order valence-corrected chi connectivity index (χ0v) is 16.5. The van der Waals surface area contributed by atoms with Gasteiger partial charge in [-0.25, -0.2) is 0 Å². The van der Waals surface area contributed by atoms with E-state index in [-0.39, 0.29) is 17.9 Å². The van der Waals surface area contributed by atoms with Crippen LogP contribution in [0.15, 0.2) is 76.4 Å². The zero-order chi connectivity index (χ0) is 19.7. The Bertz CT molecular complexity index is 1260. The van der Waals surface area contributed by atoms with E-state index in [4.69, 9.17) is 0 Å². The predicted octanol–water partition coefficient (Wildman–Crippen LogP) is 4.82. The molecule has 0 aliphatic rings. The van der Waals surface area contributed by atoms with Crippen LogP contribution in [0.4, 0.5) is 5.69 Å². The first-order valence-electron chi connectivity index (χ1n) is 9.03. The van der Waals surface area contributed by atoms with Crippen molar-refractivity contribution in [3.05, 3.63) is 82.5 Å². The summed E-state index contributed by atoms with van der Waals surface area (Å²) in [5.41, 5.74) is 3.34. The molecule has 0 spiro atoms. The van der Waals surface area contributed by atoms with E-state index >= 15 is 0 Å². The normalized spacial score (nSPS) is 11.1. The van der Waals surface area contributed by atoms with Crippen molar-refractivity contribution in [3.8, 4) is 0 Å². The van der Waals surface area contributed by atoms with Gasteiger partial charge in [-0.15, -0.1) is 11.8 Å². The van der Waals surface area contributed by atoms with Crippen molar-refractivity contribution in [2.75, 3.05) is 11.6 Å². The monoisotopic (exact) mass is 388 g/mol. The number of thioether (sulfide) groups is 1. The molecule has 0 radical (unpaired) electrons. The van der Waals surface area contributed by atoms with Crippen molar-refractivity contribution in [2.45, 2.75) is 18.4 Å². The minimum Gasteiger partial charge on any atom is -0.331 e. The lowest BCUT2D eigenvalue weighted by Gasteiger charge is -2.16. The number of nitrogens with one attached hydrogen (secondary N) is 1. The smallest absolute Gasteiger partial charge is 0.244 e. The van der Waals surface area contributed by atoms with Gasteiger partial charge >= 0.3 is 0 Å². The molecule has 3 aromatic carbocycles. The van der Waals surface area contributed by atoms with Crippen molar-refractivity contribution >= 4 is 45.2 Å². The molecule has 0 aliphatic heterocycles. The molecule has 4 nitrogen and oxygen atoms in total. The van der Waals surface area contributed by atoms with Gasteiger partial charge in [0.05, 0.1) is 16.7 Å². The number of para-hydroxylation sites is 2. The van der Waals surface area contributed by atoms with E-state index in [0.29, 0.717) is 10.8 Å². The van der Waals surface area contributed by atoms with Crippen molar-refractivity contribution in [1.29, 1.82) is 0 Å². The number of rotatable bonds is 4. The van der Waals surface area contributed by atoms with E-state index in [9.17, 15) is 9.59 Å². The zero-order valence-electron chi connectivity index (χ0n) is 15.7. The van der Waals surface area contributed by atoms with Gasteiger partial charge in [-0.1, -0.05) is 35.9 Å². The van der Waals surface area contributed by atoms with E-state index in [2.05, 4.69) is 5.32 Å². The average molecular weight is 388 g/mol. The van der Waals surface area contributed by atoms with Gasteiger partial charge in [0.25, 0.3) is 0 Å². The van der Waals surface area contributed by atoms with Crippen molar-refractivity contribution in [1.82, 2.24) is 4.57 Å². The number of anilines is 1. The Balaban J connectivity index is 1.82. The SMILES string of the molecule is CSc1ccccc1NC(=O)Cn1c2ccccc2c(=O)c2cc(C)ccc21. The topological polar surface area (TPSA) is 51.1 Å². The molecule has 1 amide bonds. The van der Waals surface area contributed by atoms with Crippen LogP contribution in [0.1, 0.15) is 5.56 Å². The molecule has 0 bridgehead atoms. The number of nitrogens with zero attached hydrogens (tertiary/aromatic N) is 1. The summed E-state index contributed by atoms with van der Waals surface area (Å²) >= 11 is 1.59. The molecule has 5 heteroatoms. The molecule has 0 atom stereocenters. The van der Waals surface area contributed by atoms with Crippen LogP contribution in [0, 0.1) is 6.92 Å². The highest BCUT2D eigenvalue weighted by molar-refractivity contribution is 7.98. The maximum Gasteiger partial charge on any atom is 0.244 e. The molecule has 0 saturated carbocycles. The van der Waals surface area contributed by atoms with E-state index in [1.54, 1.807) is 11.8 Å². The van der Waals surface area contributed by atoms with Crippen LogP contribution in [0.25, 0.3) is 21.8 Å². The summed E-state index contributed by atoms with van der Waals surface area (Å²) in [5, 5.41) is 4.26.